The van der Waals surface area contributed by atoms with Crippen LogP contribution in [0.15, 0.2) is 102 Å². The van der Waals surface area contributed by atoms with Gasteiger partial charge in [-0.2, -0.15) is 0 Å². The van der Waals surface area contributed by atoms with Crippen LogP contribution in [0.2, 0.25) is 0 Å². The van der Waals surface area contributed by atoms with E-state index in [1.165, 1.54) is 0 Å². The third kappa shape index (κ3) is 5.12. The van der Waals surface area contributed by atoms with Gasteiger partial charge < -0.3 is 19.5 Å². The number of carbonyl (C=O) groups is 2. The molecule has 4 aromatic carbocycles. The Morgan fingerprint density at radius 2 is 1.44 bits per heavy atom. The molecule has 7 heteroatoms. The van der Waals surface area contributed by atoms with Gasteiger partial charge in [0.15, 0.2) is 17.3 Å². The first-order valence-electron chi connectivity index (χ1n) is 14.3. The van der Waals surface area contributed by atoms with Gasteiger partial charge in [-0.25, -0.2) is 0 Å². The standard InChI is InChI=1S/C36H34N2O5/c1-22-14-16-23(17-15-22)34-33-28(18-25(19-30(33)39)26-20-31(41-2)35(43-4)32(21-26)42-3)37-27-12-8-9-13-29(27)38(34)36(40)24-10-6-5-7-11-24/h5-17,20-21,25,34,37H,18-19H2,1-4H3/t25-,34+/m0/s1. The van der Waals surface area contributed by atoms with E-state index in [-0.39, 0.29) is 24.0 Å². The van der Waals surface area contributed by atoms with E-state index in [4.69, 9.17) is 14.2 Å². The van der Waals surface area contributed by atoms with Gasteiger partial charge in [-0.05, 0) is 66.8 Å². The molecule has 0 aromatic heterocycles. The minimum atomic E-state index is -0.618. The highest BCUT2D eigenvalue weighted by Crippen LogP contribution is 2.49. The molecule has 7 nitrogen and oxygen atoms in total. The molecular weight excluding hydrogens is 540 g/mol. The number of rotatable bonds is 6. The number of nitrogens with zero attached hydrogens (tertiary/aromatic N) is 1. The number of ether oxygens (including phenoxy) is 3. The Bertz CT molecular complexity index is 1690. The molecule has 0 fully saturated rings. The molecule has 0 radical (unpaired) electrons. The molecular formula is C36H34N2O5. The quantitative estimate of drug-likeness (QED) is 0.262. The van der Waals surface area contributed by atoms with Crippen LogP contribution in [0.5, 0.6) is 17.2 Å². The summed E-state index contributed by atoms with van der Waals surface area (Å²) in [4.78, 5) is 30.5. The zero-order valence-electron chi connectivity index (χ0n) is 24.7. The van der Waals surface area contributed by atoms with Crippen LogP contribution in [-0.2, 0) is 4.79 Å². The normalized spacial score (nSPS) is 17.8. The zero-order valence-corrected chi connectivity index (χ0v) is 24.7. The predicted molar refractivity (Wildman–Crippen MR) is 167 cm³/mol. The third-order valence-electron chi connectivity index (χ3n) is 8.28. The molecule has 4 aromatic rings. The molecule has 1 aliphatic heterocycles. The number of fused-ring (bicyclic) bond motifs is 1. The zero-order chi connectivity index (χ0) is 30.1. The largest absolute Gasteiger partial charge is 0.493 e. The topological polar surface area (TPSA) is 77.1 Å². The van der Waals surface area contributed by atoms with E-state index in [0.29, 0.717) is 40.5 Å². The first-order chi connectivity index (χ1) is 20.9. The van der Waals surface area contributed by atoms with Crippen LogP contribution in [0.3, 0.4) is 0 Å². The van der Waals surface area contributed by atoms with Crippen molar-refractivity contribution in [2.45, 2.75) is 31.7 Å². The highest BCUT2D eigenvalue weighted by atomic mass is 16.5. The van der Waals surface area contributed by atoms with Crippen molar-refractivity contribution in [3.05, 3.63) is 125 Å². The summed E-state index contributed by atoms with van der Waals surface area (Å²) >= 11 is 0. The smallest absolute Gasteiger partial charge is 0.259 e. The van der Waals surface area contributed by atoms with Crippen molar-refractivity contribution in [3.8, 4) is 17.2 Å². The number of methoxy groups -OCH3 is 3. The lowest BCUT2D eigenvalue weighted by molar-refractivity contribution is -0.116. The lowest BCUT2D eigenvalue weighted by Crippen LogP contribution is -2.38. The van der Waals surface area contributed by atoms with E-state index >= 15 is 0 Å². The molecule has 43 heavy (non-hydrogen) atoms. The number of amides is 1. The van der Waals surface area contributed by atoms with E-state index in [0.717, 1.165) is 28.1 Å². The van der Waals surface area contributed by atoms with Crippen LogP contribution in [0, 0.1) is 6.92 Å². The lowest BCUT2D eigenvalue weighted by atomic mass is 9.78. The molecule has 1 N–H and O–H groups in total. The second kappa shape index (κ2) is 11.7. The Morgan fingerprint density at radius 1 is 0.791 bits per heavy atom. The van der Waals surface area contributed by atoms with E-state index in [9.17, 15) is 9.59 Å². The number of hydrogen-bond acceptors (Lipinski definition) is 6. The fourth-order valence-electron chi connectivity index (χ4n) is 6.17. The Balaban J connectivity index is 1.53. The van der Waals surface area contributed by atoms with Crippen molar-refractivity contribution in [2.75, 3.05) is 31.5 Å². The van der Waals surface area contributed by atoms with Crippen molar-refractivity contribution >= 4 is 23.1 Å². The number of aryl methyl sites for hydroxylation is 1. The number of para-hydroxylation sites is 2. The van der Waals surface area contributed by atoms with Crippen molar-refractivity contribution in [1.29, 1.82) is 0 Å². The molecule has 2 aliphatic rings. The van der Waals surface area contributed by atoms with Gasteiger partial charge in [0.25, 0.3) is 5.91 Å². The van der Waals surface area contributed by atoms with Gasteiger partial charge in [-0.3, -0.25) is 14.5 Å². The number of anilines is 2. The van der Waals surface area contributed by atoms with Gasteiger partial charge >= 0.3 is 0 Å². The van der Waals surface area contributed by atoms with Crippen LogP contribution in [0.1, 0.15) is 51.8 Å². The third-order valence-corrected chi connectivity index (χ3v) is 8.28. The summed E-state index contributed by atoms with van der Waals surface area (Å²) in [6.45, 7) is 2.03. The van der Waals surface area contributed by atoms with E-state index in [2.05, 4.69) is 5.32 Å². The Hall–Kier alpha value is -5.04. The molecule has 1 heterocycles. The monoisotopic (exact) mass is 574 g/mol. The van der Waals surface area contributed by atoms with Gasteiger partial charge in [0.1, 0.15) is 0 Å². The maximum Gasteiger partial charge on any atom is 0.259 e. The highest BCUT2D eigenvalue weighted by molar-refractivity contribution is 6.12. The molecule has 1 aliphatic carbocycles. The molecule has 0 saturated heterocycles. The maximum atomic E-state index is 14.4. The van der Waals surface area contributed by atoms with Gasteiger partial charge in [-0.15, -0.1) is 0 Å². The number of Topliss-reactive ketones (excluding diaryl/α,β-unsaturated/α-hetero) is 1. The fraction of sp³-hybridized carbons (Fsp3) is 0.222. The summed E-state index contributed by atoms with van der Waals surface area (Å²) in [6.07, 6.45) is 0.828. The molecule has 0 bridgehead atoms. The molecule has 0 unspecified atom stereocenters. The second-order valence-corrected chi connectivity index (χ2v) is 10.9. The summed E-state index contributed by atoms with van der Waals surface area (Å²) < 4.78 is 16.8. The molecule has 6 rings (SSSR count). The van der Waals surface area contributed by atoms with Crippen LogP contribution >= 0.6 is 0 Å². The number of nitrogens with one attached hydrogen (secondary N) is 1. The Morgan fingerprint density at radius 3 is 2.09 bits per heavy atom. The molecule has 0 saturated carbocycles. The number of ketones is 1. The fourth-order valence-corrected chi connectivity index (χ4v) is 6.17. The Kier molecular flexibility index (Phi) is 7.63. The number of hydrogen-bond donors (Lipinski definition) is 1. The van der Waals surface area contributed by atoms with Gasteiger partial charge in [0, 0.05) is 23.3 Å². The van der Waals surface area contributed by atoms with Gasteiger partial charge in [-0.1, -0.05) is 60.2 Å². The van der Waals surface area contributed by atoms with Crippen LogP contribution < -0.4 is 24.4 Å². The number of carbonyl (C=O) groups excluding carboxylic acids is 2. The summed E-state index contributed by atoms with van der Waals surface area (Å²) in [7, 11) is 4.74. The summed E-state index contributed by atoms with van der Waals surface area (Å²) in [5, 5.41) is 3.60. The van der Waals surface area contributed by atoms with Gasteiger partial charge in [0.05, 0.1) is 38.7 Å². The maximum absolute atomic E-state index is 14.4. The van der Waals surface area contributed by atoms with Gasteiger partial charge in [0.2, 0.25) is 5.75 Å². The molecule has 1 amide bonds. The summed E-state index contributed by atoms with van der Waals surface area (Å²) in [6, 6.07) is 28.3. The number of benzene rings is 4. The van der Waals surface area contributed by atoms with Crippen molar-refractivity contribution < 1.29 is 23.8 Å². The molecule has 0 spiro atoms. The van der Waals surface area contributed by atoms with Crippen LogP contribution in [-0.4, -0.2) is 33.0 Å². The van der Waals surface area contributed by atoms with Crippen molar-refractivity contribution in [1.82, 2.24) is 0 Å². The summed E-state index contributed by atoms with van der Waals surface area (Å²) in [5.41, 5.74) is 6.34. The van der Waals surface area contributed by atoms with E-state index in [1.54, 1.807) is 26.2 Å². The highest BCUT2D eigenvalue weighted by Gasteiger charge is 2.42. The first kappa shape index (κ1) is 28.1. The van der Waals surface area contributed by atoms with Crippen LogP contribution in [0.4, 0.5) is 11.4 Å². The summed E-state index contributed by atoms with van der Waals surface area (Å²) in [5.74, 6) is 1.26. The van der Waals surface area contributed by atoms with Crippen molar-refractivity contribution in [2.24, 2.45) is 0 Å². The SMILES string of the molecule is COc1cc([C@@H]2CC(=O)C3=C(C2)Nc2ccccc2N(C(=O)c2ccccc2)[C@@H]3c2ccc(C)cc2)cc(OC)c1OC. The van der Waals surface area contributed by atoms with E-state index < -0.39 is 6.04 Å². The minimum Gasteiger partial charge on any atom is -0.493 e. The minimum absolute atomic E-state index is 0.0169. The Labute approximate surface area is 251 Å². The number of allylic oxidation sites excluding steroid dienone is 1. The average Bonchev–Trinajstić information content (AvgIpc) is 3.19. The first-order valence-corrected chi connectivity index (χ1v) is 14.3. The van der Waals surface area contributed by atoms with E-state index in [1.807, 2.05) is 97.9 Å². The van der Waals surface area contributed by atoms with Crippen molar-refractivity contribution in [3.63, 3.8) is 0 Å². The molecule has 218 valence electrons. The lowest BCUT2D eigenvalue weighted by Gasteiger charge is -2.35. The van der Waals surface area contributed by atoms with Crippen LogP contribution in [0.25, 0.3) is 0 Å². The molecule has 2 atom stereocenters. The average molecular weight is 575 g/mol. The predicted octanol–water partition coefficient (Wildman–Crippen LogP) is 7.24. The second-order valence-electron chi connectivity index (χ2n) is 10.9.